The van der Waals surface area contributed by atoms with E-state index in [1.165, 1.54) is 50.6 Å². The van der Waals surface area contributed by atoms with E-state index in [1.807, 2.05) is 36.4 Å². The number of rotatable bonds is 14. The summed E-state index contributed by atoms with van der Waals surface area (Å²) in [6, 6.07) is 26.1. The first-order chi connectivity index (χ1) is 25.9. The molecule has 56 heavy (non-hydrogen) atoms. The fourth-order valence-corrected chi connectivity index (χ4v) is 6.22. The predicted octanol–water partition coefficient (Wildman–Crippen LogP) is 4.42. The maximum atomic E-state index is 12.5. The number of para-hydroxylation sites is 2. The fraction of sp³-hybridized carbons (Fsp3) is 0.0588. The van der Waals surface area contributed by atoms with Crippen LogP contribution in [0, 0.1) is 0 Å². The Bertz CT molecular complexity index is 2380. The van der Waals surface area contributed by atoms with Crippen molar-refractivity contribution < 1.29 is 35.4 Å². The van der Waals surface area contributed by atoms with Crippen LogP contribution in [0.1, 0.15) is 11.1 Å². The first kappa shape index (κ1) is 44.0. The van der Waals surface area contributed by atoms with Gasteiger partial charge in [-0.05, 0) is 59.7 Å². The van der Waals surface area contributed by atoms with Crippen molar-refractivity contribution in [2.45, 2.75) is 9.79 Å². The van der Waals surface area contributed by atoms with Crippen molar-refractivity contribution in [3.63, 3.8) is 0 Å². The van der Waals surface area contributed by atoms with Gasteiger partial charge in [0.05, 0.1) is 14.2 Å². The number of nitrogens with one attached hydrogen (secondary N) is 4. The van der Waals surface area contributed by atoms with Crippen LogP contribution in [0.4, 0.5) is 46.5 Å². The zero-order valence-electron chi connectivity index (χ0n) is 28.2. The van der Waals surface area contributed by atoms with E-state index in [4.69, 9.17) is 9.47 Å². The summed E-state index contributed by atoms with van der Waals surface area (Å²) in [4.78, 5) is 24.2. The van der Waals surface area contributed by atoms with Crippen LogP contribution in [0.15, 0.2) is 107 Å². The summed E-state index contributed by atoms with van der Waals surface area (Å²) in [6.07, 6.45) is 2.52. The summed E-state index contributed by atoms with van der Waals surface area (Å²) < 4.78 is 80.6. The number of nitrogens with zero attached hydrogens (tertiary/aromatic N) is 6. The molecular formula is C34H32N10Na2O8S2. The SMILES string of the molecule is COc1nc(Nc2ccccc2)nc(Nc2ccc(/C=C/c3ccc(Nc4nc(Nc5ccccc5)nc(OC)n4)cc3S(=O)(=O)O)c(S(=O)(=O)O)c2)n1.[NaH].[NaH]. The number of aromatic nitrogens is 6. The van der Waals surface area contributed by atoms with Gasteiger partial charge < -0.3 is 30.7 Å². The van der Waals surface area contributed by atoms with E-state index in [9.17, 15) is 25.9 Å². The van der Waals surface area contributed by atoms with Crippen molar-refractivity contribution >= 4 is 138 Å². The Morgan fingerprint density at radius 2 is 0.804 bits per heavy atom. The second-order valence-electron chi connectivity index (χ2n) is 11.0. The molecule has 18 nitrogen and oxygen atoms in total. The minimum absolute atomic E-state index is 0. The van der Waals surface area contributed by atoms with Gasteiger partial charge in [0, 0.05) is 22.7 Å². The minimum atomic E-state index is -4.82. The van der Waals surface area contributed by atoms with Crippen molar-refractivity contribution in [2.75, 3.05) is 35.5 Å². The molecule has 0 spiro atoms. The Labute approximate surface area is 365 Å². The Balaban J connectivity index is 0.00000348. The molecule has 0 atom stereocenters. The summed E-state index contributed by atoms with van der Waals surface area (Å²) in [5.74, 6) is 0.268. The molecule has 0 unspecified atom stereocenters. The molecule has 0 aliphatic rings. The third kappa shape index (κ3) is 11.9. The van der Waals surface area contributed by atoms with Crippen LogP contribution in [0.2, 0.25) is 0 Å². The van der Waals surface area contributed by atoms with Gasteiger partial charge in [-0.25, -0.2) is 0 Å². The molecule has 0 aliphatic heterocycles. The van der Waals surface area contributed by atoms with E-state index < -0.39 is 30.0 Å². The third-order valence-corrected chi connectivity index (χ3v) is 9.01. The topological polar surface area (TPSA) is 253 Å². The Kier molecular flexibility index (Phi) is 15.2. The first-order valence-electron chi connectivity index (χ1n) is 15.6. The van der Waals surface area contributed by atoms with E-state index in [1.54, 1.807) is 24.3 Å². The van der Waals surface area contributed by atoms with Gasteiger partial charge in [-0.1, -0.05) is 60.7 Å². The molecule has 6 N–H and O–H groups in total. The molecule has 0 radical (unpaired) electrons. The molecule has 6 aromatic rings. The summed E-state index contributed by atoms with van der Waals surface area (Å²) >= 11 is 0. The van der Waals surface area contributed by atoms with Gasteiger partial charge in [0.1, 0.15) is 9.79 Å². The van der Waals surface area contributed by atoms with E-state index in [-0.39, 0.29) is 117 Å². The molecular weight excluding hydrogens is 787 g/mol. The molecule has 4 aromatic carbocycles. The van der Waals surface area contributed by atoms with Crippen LogP contribution >= 0.6 is 0 Å². The number of hydrogen-bond donors (Lipinski definition) is 6. The number of methoxy groups -OCH3 is 2. The maximum absolute atomic E-state index is 12.5. The molecule has 2 aromatic heterocycles. The predicted molar refractivity (Wildman–Crippen MR) is 215 cm³/mol. The molecule has 0 saturated carbocycles. The summed E-state index contributed by atoms with van der Waals surface area (Å²) in [5, 5.41) is 11.8. The fourth-order valence-electron chi connectivity index (χ4n) is 4.80. The van der Waals surface area contributed by atoms with Crippen molar-refractivity contribution in [1.29, 1.82) is 0 Å². The van der Waals surface area contributed by atoms with Crippen molar-refractivity contribution in [3.05, 3.63) is 108 Å². The van der Waals surface area contributed by atoms with E-state index in [2.05, 4.69) is 51.2 Å². The molecule has 0 amide bonds. The first-order valence-corrected chi connectivity index (χ1v) is 18.4. The van der Waals surface area contributed by atoms with Gasteiger partial charge in [0.2, 0.25) is 23.8 Å². The van der Waals surface area contributed by atoms with Gasteiger partial charge in [0.15, 0.2) is 0 Å². The van der Waals surface area contributed by atoms with Crippen molar-refractivity contribution in [3.8, 4) is 12.0 Å². The second-order valence-corrected chi connectivity index (χ2v) is 13.7. The molecule has 22 heteroatoms. The average Bonchev–Trinajstić information content (AvgIpc) is 3.14. The molecule has 0 fully saturated rings. The van der Waals surface area contributed by atoms with Gasteiger partial charge in [-0.2, -0.15) is 46.7 Å². The van der Waals surface area contributed by atoms with Gasteiger partial charge >= 0.3 is 71.1 Å². The van der Waals surface area contributed by atoms with Crippen molar-refractivity contribution in [2.24, 2.45) is 0 Å². The van der Waals surface area contributed by atoms with E-state index >= 15 is 0 Å². The molecule has 0 saturated heterocycles. The van der Waals surface area contributed by atoms with Crippen LogP contribution in [0.25, 0.3) is 12.2 Å². The summed E-state index contributed by atoms with van der Waals surface area (Å²) in [7, 11) is -6.90. The number of anilines is 8. The molecule has 0 aliphatic carbocycles. The quantitative estimate of drug-likeness (QED) is 0.0505. The molecule has 2 heterocycles. The molecule has 280 valence electrons. The van der Waals surface area contributed by atoms with Crippen LogP contribution in [0.3, 0.4) is 0 Å². The van der Waals surface area contributed by atoms with Crippen LogP contribution in [0.5, 0.6) is 12.0 Å². The van der Waals surface area contributed by atoms with Crippen LogP contribution in [-0.4, -0.2) is 129 Å². The number of ether oxygens (including phenoxy) is 2. The van der Waals surface area contributed by atoms with Gasteiger partial charge in [-0.3, -0.25) is 9.11 Å². The monoisotopic (exact) mass is 818 g/mol. The summed E-state index contributed by atoms with van der Waals surface area (Å²) in [6.45, 7) is 0. The zero-order valence-corrected chi connectivity index (χ0v) is 29.9. The van der Waals surface area contributed by atoms with Gasteiger partial charge in [-0.15, -0.1) is 0 Å². The molecule has 6 rings (SSSR count). The second kappa shape index (κ2) is 19.4. The van der Waals surface area contributed by atoms with Crippen molar-refractivity contribution in [1.82, 2.24) is 29.9 Å². The Hall–Kier alpha value is -4.74. The number of hydrogen-bond acceptors (Lipinski definition) is 16. The Morgan fingerprint density at radius 1 is 0.482 bits per heavy atom. The van der Waals surface area contributed by atoms with E-state index in [0.717, 1.165) is 12.1 Å². The van der Waals surface area contributed by atoms with Crippen LogP contribution in [-0.2, 0) is 20.2 Å². The van der Waals surface area contributed by atoms with E-state index in [0.29, 0.717) is 11.4 Å². The van der Waals surface area contributed by atoms with Crippen LogP contribution < -0.4 is 30.7 Å². The normalized spacial score (nSPS) is 11.1. The number of benzene rings is 4. The van der Waals surface area contributed by atoms with Gasteiger partial charge in [0.25, 0.3) is 20.2 Å². The standard InChI is InChI=1S/C34H30N10O8S2.2Na.2H/c1-51-33-41-29(35-23-9-5-3-6-10-23)39-31(43-33)37-25-17-15-21(27(19-25)53(45,46)47)13-14-22-16-18-26(20-28(22)54(48,49)50)38-32-40-30(42-34(44-32)52-2)36-24-11-7-4-8-12-24;;;;/h3-20H,1-2H3,(H,45,46,47)(H,48,49,50)(H2,35,37,39,41,43)(H2,36,38,40,42,44);;;;/b14-13+;;;;. The molecule has 0 bridgehead atoms. The zero-order chi connectivity index (χ0) is 38.3. The summed E-state index contributed by atoms with van der Waals surface area (Å²) in [5.41, 5.74) is 1.70. The Morgan fingerprint density at radius 3 is 1.11 bits per heavy atom. The third-order valence-electron chi connectivity index (χ3n) is 7.19. The average molecular weight is 819 g/mol.